The van der Waals surface area contributed by atoms with Gasteiger partial charge in [0, 0.05) is 20.2 Å². The van der Waals surface area contributed by atoms with Crippen molar-refractivity contribution in [2.45, 2.75) is 27.2 Å². The van der Waals surface area contributed by atoms with E-state index < -0.39 is 0 Å². The fraction of sp³-hybridized carbons (Fsp3) is 0.350. The van der Waals surface area contributed by atoms with Gasteiger partial charge in [-0.05, 0) is 68.1 Å². The molecule has 0 spiro atoms. The van der Waals surface area contributed by atoms with Crippen LogP contribution in [0.3, 0.4) is 0 Å². The second kappa shape index (κ2) is 8.50. The molecule has 0 unspecified atom stereocenters. The number of aryl methyl sites for hydroxylation is 2. The maximum absolute atomic E-state index is 9.06. The highest BCUT2D eigenvalue weighted by Gasteiger charge is 2.07. The molecule has 0 aromatic heterocycles. The van der Waals surface area contributed by atoms with Gasteiger partial charge in [0.15, 0.2) is 0 Å². The second-order valence-electron chi connectivity index (χ2n) is 5.95. The molecule has 2 rings (SSSR count). The summed E-state index contributed by atoms with van der Waals surface area (Å²) in [6.07, 6.45) is 2.48. The molecule has 0 heterocycles. The van der Waals surface area contributed by atoms with Crippen LogP contribution >= 0.6 is 0 Å². The number of ether oxygens (including phenoxy) is 1. The maximum atomic E-state index is 9.06. The van der Waals surface area contributed by atoms with Crippen molar-refractivity contribution in [3.63, 3.8) is 0 Å². The lowest BCUT2D eigenvalue weighted by Crippen LogP contribution is -2.14. The number of benzene rings is 2. The summed E-state index contributed by atoms with van der Waals surface area (Å²) in [7, 11) is 2.00. The SMILES string of the molecule is CCN(C)C=Nc1cc(C)c(Oc2cccc(CCO)c2)cc1C. The van der Waals surface area contributed by atoms with E-state index in [0.717, 1.165) is 40.4 Å². The number of nitrogens with zero attached hydrogens (tertiary/aromatic N) is 2. The first-order valence-electron chi connectivity index (χ1n) is 8.26. The molecule has 4 nitrogen and oxygen atoms in total. The van der Waals surface area contributed by atoms with E-state index >= 15 is 0 Å². The monoisotopic (exact) mass is 326 g/mol. The Morgan fingerprint density at radius 3 is 2.67 bits per heavy atom. The fourth-order valence-electron chi connectivity index (χ4n) is 2.29. The molecule has 2 aromatic rings. The summed E-state index contributed by atoms with van der Waals surface area (Å²) in [5, 5.41) is 9.06. The maximum Gasteiger partial charge on any atom is 0.130 e. The molecule has 24 heavy (non-hydrogen) atoms. The molecule has 0 aliphatic heterocycles. The van der Waals surface area contributed by atoms with Crippen LogP contribution in [-0.4, -0.2) is 36.5 Å². The Kier molecular flexibility index (Phi) is 6.38. The first kappa shape index (κ1) is 18.0. The topological polar surface area (TPSA) is 45.1 Å². The molecule has 0 radical (unpaired) electrons. The van der Waals surface area contributed by atoms with E-state index in [1.165, 1.54) is 0 Å². The average Bonchev–Trinajstić information content (AvgIpc) is 2.57. The normalized spacial score (nSPS) is 11.0. The third-order valence-corrected chi connectivity index (χ3v) is 3.91. The van der Waals surface area contributed by atoms with E-state index in [-0.39, 0.29) is 6.61 Å². The number of hydrogen-bond donors (Lipinski definition) is 1. The molecule has 0 aliphatic carbocycles. The van der Waals surface area contributed by atoms with Gasteiger partial charge in [-0.3, -0.25) is 0 Å². The van der Waals surface area contributed by atoms with Crippen molar-refractivity contribution in [1.29, 1.82) is 0 Å². The van der Waals surface area contributed by atoms with Crippen molar-refractivity contribution in [2.24, 2.45) is 4.99 Å². The molecule has 0 saturated carbocycles. The van der Waals surface area contributed by atoms with Crippen molar-refractivity contribution >= 4 is 12.0 Å². The first-order valence-corrected chi connectivity index (χ1v) is 8.26. The third kappa shape index (κ3) is 4.83. The van der Waals surface area contributed by atoms with Gasteiger partial charge in [-0.25, -0.2) is 4.99 Å². The molecule has 4 heteroatoms. The Hall–Kier alpha value is -2.33. The van der Waals surface area contributed by atoms with Gasteiger partial charge in [-0.15, -0.1) is 0 Å². The van der Waals surface area contributed by atoms with Crippen LogP contribution in [0.1, 0.15) is 23.6 Å². The van der Waals surface area contributed by atoms with Crippen LogP contribution in [0.2, 0.25) is 0 Å². The smallest absolute Gasteiger partial charge is 0.130 e. The number of hydrogen-bond acceptors (Lipinski definition) is 3. The zero-order chi connectivity index (χ0) is 17.5. The average molecular weight is 326 g/mol. The molecule has 0 amide bonds. The molecule has 0 aliphatic rings. The van der Waals surface area contributed by atoms with Gasteiger partial charge in [0.2, 0.25) is 0 Å². The summed E-state index contributed by atoms with van der Waals surface area (Å²) in [5.74, 6) is 1.61. The number of aliphatic imine (C=N–C) groups is 1. The van der Waals surface area contributed by atoms with Gasteiger partial charge in [-0.2, -0.15) is 0 Å². The Balaban J connectivity index is 2.21. The van der Waals surface area contributed by atoms with Crippen LogP contribution in [-0.2, 0) is 6.42 Å². The van der Waals surface area contributed by atoms with Crippen LogP contribution in [0.15, 0.2) is 41.4 Å². The van der Waals surface area contributed by atoms with Crippen LogP contribution < -0.4 is 4.74 Å². The summed E-state index contributed by atoms with van der Waals surface area (Å²) in [5.41, 5.74) is 4.13. The lowest BCUT2D eigenvalue weighted by molar-refractivity contribution is 0.299. The quantitative estimate of drug-likeness (QED) is 0.611. The van der Waals surface area contributed by atoms with Crippen LogP contribution in [0.25, 0.3) is 0 Å². The van der Waals surface area contributed by atoms with E-state index in [2.05, 4.69) is 11.9 Å². The summed E-state index contributed by atoms with van der Waals surface area (Å²) >= 11 is 0. The zero-order valence-electron chi connectivity index (χ0n) is 14.9. The van der Waals surface area contributed by atoms with Gasteiger partial charge < -0.3 is 14.7 Å². The molecular formula is C20H26N2O2. The fourth-order valence-corrected chi connectivity index (χ4v) is 2.29. The molecule has 0 fully saturated rings. The molecule has 128 valence electrons. The molecular weight excluding hydrogens is 300 g/mol. The van der Waals surface area contributed by atoms with Gasteiger partial charge >= 0.3 is 0 Å². The van der Waals surface area contributed by atoms with Crippen molar-refractivity contribution in [3.8, 4) is 11.5 Å². The largest absolute Gasteiger partial charge is 0.457 e. The zero-order valence-corrected chi connectivity index (χ0v) is 14.9. The molecule has 1 N–H and O–H groups in total. The number of aliphatic hydroxyl groups is 1. The third-order valence-electron chi connectivity index (χ3n) is 3.91. The summed E-state index contributed by atoms with van der Waals surface area (Å²) in [6.45, 7) is 7.21. The van der Waals surface area contributed by atoms with E-state index in [0.29, 0.717) is 6.42 Å². The summed E-state index contributed by atoms with van der Waals surface area (Å²) in [6, 6.07) is 11.9. The van der Waals surface area contributed by atoms with Crippen molar-refractivity contribution in [2.75, 3.05) is 20.2 Å². The van der Waals surface area contributed by atoms with E-state index in [1.54, 1.807) is 0 Å². The van der Waals surface area contributed by atoms with Crippen molar-refractivity contribution < 1.29 is 9.84 Å². The lowest BCUT2D eigenvalue weighted by atomic mass is 10.1. The van der Waals surface area contributed by atoms with Gasteiger partial charge in [-0.1, -0.05) is 12.1 Å². The van der Waals surface area contributed by atoms with Gasteiger partial charge in [0.05, 0.1) is 12.0 Å². The Labute approximate surface area is 144 Å². The Morgan fingerprint density at radius 1 is 1.17 bits per heavy atom. The minimum Gasteiger partial charge on any atom is -0.457 e. The Bertz CT molecular complexity index is 711. The summed E-state index contributed by atoms with van der Waals surface area (Å²) < 4.78 is 6.03. The van der Waals surface area contributed by atoms with Gasteiger partial charge in [0.1, 0.15) is 11.5 Å². The van der Waals surface area contributed by atoms with Crippen molar-refractivity contribution in [1.82, 2.24) is 4.90 Å². The van der Waals surface area contributed by atoms with Crippen molar-refractivity contribution in [3.05, 3.63) is 53.1 Å². The number of rotatable bonds is 7. The minimum absolute atomic E-state index is 0.139. The second-order valence-corrected chi connectivity index (χ2v) is 5.95. The highest BCUT2D eigenvalue weighted by molar-refractivity contribution is 5.64. The number of aliphatic hydroxyl groups excluding tert-OH is 1. The predicted octanol–water partition coefficient (Wildman–Crippen LogP) is 4.24. The van der Waals surface area contributed by atoms with Crippen LogP contribution in [0.4, 0.5) is 5.69 Å². The highest BCUT2D eigenvalue weighted by Crippen LogP contribution is 2.31. The first-order chi connectivity index (χ1) is 11.5. The standard InChI is InChI=1S/C20H26N2O2/c1-5-22(4)14-21-19-11-16(3)20(12-15(19)2)24-18-8-6-7-17(13-18)9-10-23/h6-8,11-14,23H,5,9-10H2,1-4H3. The van der Waals surface area contributed by atoms with Gasteiger partial charge in [0.25, 0.3) is 0 Å². The summed E-state index contributed by atoms with van der Waals surface area (Å²) in [4.78, 5) is 6.58. The van der Waals surface area contributed by atoms with E-state index in [4.69, 9.17) is 9.84 Å². The highest BCUT2D eigenvalue weighted by atomic mass is 16.5. The molecule has 0 atom stereocenters. The lowest BCUT2D eigenvalue weighted by Gasteiger charge is -2.13. The molecule has 2 aromatic carbocycles. The van der Waals surface area contributed by atoms with E-state index in [9.17, 15) is 0 Å². The van der Waals surface area contributed by atoms with Crippen LogP contribution in [0, 0.1) is 13.8 Å². The molecule has 0 saturated heterocycles. The van der Waals surface area contributed by atoms with Crippen LogP contribution in [0.5, 0.6) is 11.5 Å². The predicted molar refractivity (Wildman–Crippen MR) is 99.7 cm³/mol. The molecule has 0 bridgehead atoms. The Morgan fingerprint density at radius 2 is 1.96 bits per heavy atom. The minimum atomic E-state index is 0.139. The van der Waals surface area contributed by atoms with E-state index in [1.807, 2.05) is 68.5 Å².